The Morgan fingerprint density at radius 2 is 1.36 bits per heavy atom. The molecule has 0 bridgehead atoms. The Hall–Kier alpha value is -0.863. The van der Waals surface area contributed by atoms with Crippen LogP contribution in [0.4, 0.5) is 0 Å². The van der Waals surface area contributed by atoms with Gasteiger partial charge >= 0.3 is 18.9 Å². The molecule has 0 aliphatic carbocycles. The molecule has 1 unspecified atom stereocenters. The zero-order valence-electron chi connectivity index (χ0n) is 17.7. The van der Waals surface area contributed by atoms with Gasteiger partial charge in [0.15, 0.2) is 5.78 Å². The van der Waals surface area contributed by atoms with Crippen LogP contribution in [0.5, 0.6) is 0 Å². The van der Waals surface area contributed by atoms with E-state index in [1.54, 1.807) is 0 Å². The van der Waals surface area contributed by atoms with Gasteiger partial charge in [0.2, 0.25) is 0 Å². The van der Waals surface area contributed by atoms with Crippen LogP contribution in [0.25, 0.3) is 0 Å². The molecule has 0 radical (unpaired) electrons. The Bertz CT molecular complexity index is 725. The van der Waals surface area contributed by atoms with Crippen LogP contribution in [0.1, 0.15) is 93.3 Å². The van der Waals surface area contributed by atoms with E-state index in [4.69, 9.17) is 0 Å². The van der Waals surface area contributed by atoms with Gasteiger partial charge in [0.1, 0.15) is 0 Å². The van der Waals surface area contributed by atoms with Crippen molar-refractivity contribution >= 4 is 20.3 Å². The Kier molecular flexibility index (Phi) is 8.15. The molecule has 0 heterocycles. The number of hydrogen-bond acceptors (Lipinski definition) is 1. The van der Waals surface area contributed by atoms with Gasteiger partial charge in [0.05, 0.1) is 0 Å². The molecule has 2 aromatic carbocycles. The Morgan fingerprint density at radius 3 is 1.76 bits per heavy atom. The van der Waals surface area contributed by atoms with Crippen LogP contribution in [0.2, 0.25) is 0 Å². The summed E-state index contributed by atoms with van der Waals surface area (Å²) in [6, 6.07) is 12.3. The van der Waals surface area contributed by atoms with Crippen LogP contribution in [0.15, 0.2) is 36.4 Å². The van der Waals surface area contributed by atoms with Gasteiger partial charge in [-0.15, -0.1) is 9.24 Å². The molecule has 0 saturated carbocycles. The number of carbonyl (C=O) groups is 1. The topological polar surface area (TPSA) is 17.1 Å². The molecule has 0 saturated heterocycles. The van der Waals surface area contributed by atoms with Crippen LogP contribution >= 0.6 is 9.24 Å². The first-order valence-electron chi connectivity index (χ1n) is 8.80. The first-order chi connectivity index (χ1) is 11.2. The van der Waals surface area contributed by atoms with Gasteiger partial charge < -0.3 is 1.43 Å². The summed E-state index contributed by atoms with van der Waals surface area (Å²) in [5.41, 5.74) is 5.34. The Morgan fingerprint density at radius 1 is 0.880 bits per heavy atom. The number of ketones is 1. The molecular formula is C22H30LiOP. The van der Waals surface area contributed by atoms with Gasteiger partial charge in [-0.05, 0) is 39.7 Å². The van der Waals surface area contributed by atoms with Crippen LogP contribution in [0, 0.1) is 0 Å². The molecule has 2 aromatic rings. The van der Waals surface area contributed by atoms with Crippen molar-refractivity contribution in [3.05, 3.63) is 64.2 Å². The molecule has 0 aliphatic heterocycles. The van der Waals surface area contributed by atoms with Crippen molar-refractivity contribution in [3.8, 4) is 0 Å². The van der Waals surface area contributed by atoms with Crippen LogP contribution in [0.3, 0.4) is 0 Å². The molecule has 2 rings (SSSR count). The summed E-state index contributed by atoms with van der Waals surface area (Å²) in [6.45, 7) is 13.1. The van der Waals surface area contributed by atoms with E-state index in [0.29, 0.717) is 17.8 Å². The summed E-state index contributed by atoms with van der Waals surface area (Å²) in [4.78, 5) is 13.4. The molecular weight excluding hydrogens is 318 g/mol. The quantitative estimate of drug-likeness (QED) is 0.461. The van der Waals surface area contributed by atoms with Crippen molar-refractivity contribution in [2.24, 2.45) is 0 Å². The van der Waals surface area contributed by atoms with E-state index in [2.05, 4.69) is 62.9 Å². The van der Waals surface area contributed by atoms with E-state index in [9.17, 15) is 4.79 Å². The van der Waals surface area contributed by atoms with Gasteiger partial charge in [-0.2, -0.15) is 0 Å². The predicted octanol–water partition coefficient (Wildman–Crippen LogP) is 2.90. The third kappa shape index (κ3) is 4.86. The van der Waals surface area contributed by atoms with Crippen LogP contribution in [-0.4, -0.2) is 5.78 Å². The fourth-order valence-corrected chi connectivity index (χ4v) is 3.39. The van der Waals surface area contributed by atoms with Crippen molar-refractivity contribution in [3.63, 3.8) is 0 Å². The smallest absolute Gasteiger partial charge is 1.00 e. The van der Waals surface area contributed by atoms with E-state index in [-0.39, 0.29) is 26.1 Å². The molecule has 0 spiro atoms. The predicted molar refractivity (Wildman–Crippen MR) is 109 cm³/mol. The minimum absolute atomic E-state index is 0. The van der Waals surface area contributed by atoms with Crippen LogP contribution in [-0.2, 0) is 0 Å². The largest absolute Gasteiger partial charge is 1.00 e. The summed E-state index contributed by atoms with van der Waals surface area (Å²) < 4.78 is 0. The summed E-state index contributed by atoms with van der Waals surface area (Å²) >= 11 is 0. The minimum atomic E-state index is 0. The summed E-state index contributed by atoms with van der Waals surface area (Å²) in [5.74, 6) is 1.23. The van der Waals surface area contributed by atoms with Crippen molar-refractivity contribution in [2.45, 2.75) is 59.3 Å². The second kappa shape index (κ2) is 9.18. The zero-order chi connectivity index (χ0) is 18.0. The first kappa shape index (κ1) is 22.2. The molecule has 0 amide bonds. The van der Waals surface area contributed by atoms with Gasteiger partial charge in [-0.1, -0.05) is 77.9 Å². The fourth-order valence-electron chi connectivity index (χ4n) is 3.06. The average Bonchev–Trinajstić information content (AvgIpc) is 2.53. The number of hydrogen-bond donors (Lipinski definition) is 0. The number of carbonyl (C=O) groups excluding carboxylic acids is 1. The Labute approximate surface area is 168 Å². The van der Waals surface area contributed by atoms with Crippen LogP contribution < -0.4 is 24.2 Å². The SMILES string of the molecule is CC(C)c1cc(C(C)C)c(C(=O)c2ccccc2P)c(C(C)C)c1.[H-].[Li+]. The average molecular weight is 348 g/mol. The van der Waals surface area contributed by atoms with Crippen molar-refractivity contribution in [2.75, 3.05) is 0 Å². The monoisotopic (exact) mass is 348 g/mol. The molecule has 3 heteroatoms. The molecule has 0 aromatic heterocycles. The van der Waals surface area contributed by atoms with Gasteiger partial charge in [-0.3, -0.25) is 4.79 Å². The molecule has 0 aliphatic rings. The zero-order valence-corrected chi connectivity index (χ0v) is 17.8. The van der Waals surface area contributed by atoms with E-state index in [0.717, 1.165) is 16.4 Å². The third-order valence-corrected chi connectivity index (χ3v) is 5.07. The van der Waals surface area contributed by atoms with E-state index in [1.165, 1.54) is 16.7 Å². The summed E-state index contributed by atoms with van der Waals surface area (Å²) in [5, 5.41) is 0.958. The second-order valence-electron chi connectivity index (χ2n) is 7.45. The maximum atomic E-state index is 13.4. The Balaban J connectivity index is 0.00000312. The molecule has 1 atom stereocenters. The maximum absolute atomic E-state index is 13.4. The molecule has 130 valence electrons. The van der Waals surface area contributed by atoms with E-state index < -0.39 is 0 Å². The van der Waals surface area contributed by atoms with Gasteiger partial charge in [0, 0.05) is 11.1 Å². The molecule has 25 heavy (non-hydrogen) atoms. The molecule has 1 nitrogen and oxygen atoms in total. The fraction of sp³-hybridized carbons (Fsp3) is 0.409. The normalized spacial score (nSPS) is 11.1. The van der Waals surface area contributed by atoms with Gasteiger partial charge in [0.25, 0.3) is 0 Å². The number of benzene rings is 2. The first-order valence-corrected chi connectivity index (χ1v) is 9.38. The standard InChI is InChI=1S/C22H29OP.Li.H/c1-13(2)16-11-18(14(3)4)21(19(12-16)15(5)6)22(23)17-9-7-8-10-20(17)24;;/h7-15H,24H2,1-6H3;;/q;+1;-1. The van der Waals surface area contributed by atoms with E-state index >= 15 is 0 Å². The second-order valence-corrected chi connectivity index (χ2v) is 8.08. The minimum Gasteiger partial charge on any atom is -1.00 e. The van der Waals surface area contributed by atoms with Gasteiger partial charge in [-0.25, -0.2) is 0 Å². The van der Waals surface area contributed by atoms with Crippen molar-refractivity contribution < 1.29 is 25.1 Å². The summed E-state index contributed by atoms with van der Waals surface area (Å²) in [7, 11) is 2.69. The van der Waals surface area contributed by atoms with Crippen molar-refractivity contribution in [1.82, 2.24) is 0 Å². The molecule has 0 fully saturated rings. The maximum Gasteiger partial charge on any atom is 1.00 e. The summed E-state index contributed by atoms with van der Waals surface area (Å²) in [6.07, 6.45) is 0. The van der Waals surface area contributed by atoms with E-state index in [1.807, 2.05) is 24.3 Å². The number of rotatable bonds is 5. The third-order valence-electron chi connectivity index (χ3n) is 4.56. The molecule has 0 N–H and O–H groups in total. The van der Waals surface area contributed by atoms with Crippen molar-refractivity contribution in [1.29, 1.82) is 0 Å².